The van der Waals surface area contributed by atoms with Gasteiger partial charge in [-0.1, -0.05) is 19.1 Å². The molecule has 1 saturated carbocycles. The van der Waals surface area contributed by atoms with Crippen LogP contribution < -0.4 is 10.6 Å². The zero-order chi connectivity index (χ0) is 22.3. The SMILES string of the molecule is COC1CCC(S(=O)(=O)c2ccc(CN=C(NC#N)Nc3ccncc3)cc2)CC1C. The van der Waals surface area contributed by atoms with E-state index in [0.29, 0.717) is 30.2 Å². The Bertz CT molecular complexity index is 1030. The van der Waals surface area contributed by atoms with Crippen molar-refractivity contribution in [3.63, 3.8) is 0 Å². The molecule has 31 heavy (non-hydrogen) atoms. The Labute approximate surface area is 183 Å². The number of ether oxygens (including phenoxy) is 1. The summed E-state index contributed by atoms with van der Waals surface area (Å²) in [5.74, 6) is 0.514. The number of pyridine rings is 1. The maximum absolute atomic E-state index is 13.1. The van der Waals surface area contributed by atoms with Gasteiger partial charge in [0, 0.05) is 25.2 Å². The minimum Gasteiger partial charge on any atom is -0.381 e. The maximum atomic E-state index is 13.1. The Hall–Kier alpha value is -2.96. The van der Waals surface area contributed by atoms with Crippen LogP contribution in [0.5, 0.6) is 0 Å². The van der Waals surface area contributed by atoms with Gasteiger partial charge in [0.05, 0.1) is 22.8 Å². The van der Waals surface area contributed by atoms with Crippen molar-refractivity contribution >= 4 is 21.5 Å². The highest BCUT2D eigenvalue weighted by molar-refractivity contribution is 7.92. The number of nitrogens with zero attached hydrogens (tertiary/aromatic N) is 3. The van der Waals surface area contributed by atoms with Crippen LogP contribution in [-0.2, 0) is 21.1 Å². The van der Waals surface area contributed by atoms with Crippen molar-refractivity contribution in [2.45, 2.75) is 49.0 Å². The molecule has 9 heteroatoms. The highest BCUT2D eigenvalue weighted by Crippen LogP contribution is 2.33. The predicted octanol–water partition coefficient (Wildman–Crippen LogP) is 3.10. The molecule has 164 valence electrons. The van der Waals surface area contributed by atoms with Gasteiger partial charge in [0.25, 0.3) is 0 Å². The lowest BCUT2D eigenvalue weighted by Crippen LogP contribution is -2.35. The van der Waals surface area contributed by atoms with Crippen molar-refractivity contribution in [2.24, 2.45) is 10.9 Å². The quantitative estimate of drug-likeness (QED) is 0.306. The van der Waals surface area contributed by atoms with Crippen LogP contribution in [0.15, 0.2) is 58.7 Å². The zero-order valence-corrected chi connectivity index (χ0v) is 18.5. The Morgan fingerprint density at radius 2 is 1.94 bits per heavy atom. The Morgan fingerprint density at radius 1 is 1.23 bits per heavy atom. The van der Waals surface area contributed by atoms with E-state index in [2.05, 4.69) is 20.6 Å². The van der Waals surface area contributed by atoms with Crippen LogP contribution in [0.1, 0.15) is 31.7 Å². The molecule has 1 fully saturated rings. The number of rotatable bonds is 6. The van der Waals surface area contributed by atoms with Gasteiger partial charge in [-0.05, 0) is 55.0 Å². The van der Waals surface area contributed by atoms with Crippen LogP contribution in [0.4, 0.5) is 5.69 Å². The van der Waals surface area contributed by atoms with Gasteiger partial charge in [-0.3, -0.25) is 10.3 Å². The molecule has 0 spiro atoms. The molecule has 0 aliphatic heterocycles. The standard InChI is InChI=1S/C22H27N5O3S/c1-16-13-20(7-8-21(16)30-2)31(28,29)19-5-3-17(4-6-19)14-25-22(26-15-23)27-18-9-11-24-12-10-18/h3-6,9-12,16,20-21H,7-8,13-14H2,1-2H3,(H2,24,25,26,27). The van der Waals surface area contributed by atoms with Crippen molar-refractivity contribution in [1.82, 2.24) is 10.3 Å². The third-order valence-electron chi connectivity index (χ3n) is 5.57. The molecule has 2 N–H and O–H groups in total. The molecule has 8 nitrogen and oxygen atoms in total. The van der Waals surface area contributed by atoms with E-state index in [1.807, 2.05) is 13.1 Å². The molecular weight excluding hydrogens is 414 g/mol. The second kappa shape index (κ2) is 10.4. The second-order valence-corrected chi connectivity index (χ2v) is 9.87. The van der Waals surface area contributed by atoms with Crippen LogP contribution in [0.3, 0.4) is 0 Å². The fraction of sp³-hybridized carbons (Fsp3) is 0.409. The normalized spacial score (nSPS) is 21.8. The smallest absolute Gasteiger partial charge is 0.209 e. The van der Waals surface area contributed by atoms with E-state index >= 15 is 0 Å². The third kappa shape index (κ3) is 5.81. The molecule has 0 radical (unpaired) electrons. The van der Waals surface area contributed by atoms with Crippen LogP contribution in [0, 0.1) is 17.4 Å². The fourth-order valence-corrected chi connectivity index (χ4v) is 5.74. The largest absolute Gasteiger partial charge is 0.381 e. The van der Waals surface area contributed by atoms with Gasteiger partial charge in [0.15, 0.2) is 16.0 Å². The number of hydrogen-bond donors (Lipinski definition) is 2. The Morgan fingerprint density at radius 3 is 2.55 bits per heavy atom. The topological polar surface area (TPSA) is 116 Å². The lowest BCUT2D eigenvalue weighted by atomic mass is 9.87. The number of aliphatic imine (C=N–C) groups is 1. The molecule has 2 aromatic rings. The summed E-state index contributed by atoms with van der Waals surface area (Å²) < 4.78 is 31.6. The number of methoxy groups -OCH3 is 1. The summed E-state index contributed by atoms with van der Waals surface area (Å²) in [4.78, 5) is 8.65. The molecule has 1 aliphatic rings. The molecular formula is C22H27N5O3S. The number of nitrogens with one attached hydrogen (secondary N) is 2. The number of anilines is 1. The maximum Gasteiger partial charge on any atom is 0.209 e. The second-order valence-electron chi connectivity index (χ2n) is 7.64. The van der Waals surface area contributed by atoms with Crippen LogP contribution in [-0.4, -0.2) is 37.8 Å². The summed E-state index contributed by atoms with van der Waals surface area (Å²) in [6.45, 7) is 2.34. The predicted molar refractivity (Wildman–Crippen MR) is 119 cm³/mol. The summed E-state index contributed by atoms with van der Waals surface area (Å²) in [7, 11) is -1.71. The number of benzene rings is 1. The van der Waals surface area contributed by atoms with E-state index in [1.54, 1.807) is 55.9 Å². The summed E-state index contributed by atoms with van der Waals surface area (Å²) in [5, 5.41) is 14.1. The molecule has 0 amide bonds. The van der Waals surface area contributed by atoms with Gasteiger partial charge in [-0.2, -0.15) is 5.26 Å². The van der Waals surface area contributed by atoms with Gasteiger partial charge in [0.1, 0.15) is 0 Å². The van der Waals surface area contributed by atoms with Crippen molar-refractivity contribution in [3.8, 4) is 6.19 Å². The summed E-state index contributed by atoms with van der Waals surface area (Å²) in [6, 6.07) is 10.3. The zero-order valence-electron chi connectivity index (χ0n) is 17.7. The summed E-state index contributed by atoms with van der Waals surface area (Å²) in [5.41, 5.74) is 1.58. The van der Waals surface area contributed by atoms with E-state index in [-0.39, 0.29) is 17.3 Å². The highest BCUT2D eigenvalue weighted by Gasteiger charge is 2.35. The van der Waals surface area contributed by atoms with Gasteiger partial charge in [-0.25, -0.2) is 13.4 Å². The average molecular weight is 442 g/mol. The molecule has 3 rings (SSSR count). The monoisotopic (exact) mass is 441 g/mol. The minimum atomic E-state index is -3.39. The fourth-order valence-electron chi connectivity index (χ4n) is 3.83. The van der Waals surface area contributed by atoms with E-state index in [4.69, 9.17) is 10.00 Å². The lowest BCUT2D eigenvalue weighted by molar-refractivity contribution is 0.0319. The Balaban J connectivity index is 1.67. The minimum absolute atomic E-state index is 0.128. The number of guanidine groups is 1. The molecule has 1 aromatic heterocycles. The first kappa shape index (κ1) is 22.7. The number of hydrogen-bond acceptors (Lipinski definition) is 6. The molecule has 3 unspecified atom stereocenters. The van der Waals surface area contributed by atoms with Gasteiger partial charge in [-0.15, -0.1) is 0 Å². The van der Waals surface area contributed by atoms with E-state index < -0.39 is 9.84 Å². The number of aromatic nitrogens is 1. The number of sulfone groups is 1. The van der Waals surface area contributed by atoms with Crippen LogP contribution in [0.2, 0.25) is 0 Å². The van der Waals surface area contributed by atoms with Crippen molar-refractivity contribution in [2.75, 3.05) is 12.4 Å². The van der Waals surface area contributed by atoms with Crippen LogP contribution >= 0.6 is 0 Å². The summed E-state index contributed by atoms with van der Waals surface area (Å²) in [6.07, 6.45) is 7.23. The van der Waals surface area contributed by atoms with E-state index in [1.165, 1.54) is 0 Å². The van der Waals surface area contributed by atoms with Crippen molar-refractivity contribution in [1.29, 1.82) is 5.26 Å². The highest BCUT2D eigenvalue weighted by atomic mass is 32.2. The summed E-state index contributed by atoms with van der Waals surface area (Å²) >= 11 is 0. The van der Waals surface area contributed by atoms with E-state index in [0.717, 1.165) is 17.7 Å². The average Bonchev–Trinajstić information content (AvgIpc) is 2.78. The molecule has 0 saturated heterocycles. The molecule has 0 bridgehead atoms. The molecule has 1 aliphatic carbocycles. The third-order valence-corrected chi connectivity index (χ3v) is 7.81. The van der Waals surface area contributed by atoms with Crippen molar-refractivity contribution < 1.29 is 13.2 Å². The molecule has 3 atom stereocenters. The number of nitriles is 1. The Kier molecular flexibility index (Phi) is 7.60. The van der Waals surface area contributed by atoms with Crippen LogP contribution in [0.25, 0.3) is 0 Å². The first-order valence-electron chi connectivity index (χ1n) is 10.2. The first-order chi connectivity index (χ1) is 14.9. The van der Waals surface area contributed by atoms with Gasteiger partial charge >= 0.3 is 0 Å². The van der Waals surface area contributed by atoms with E-state index in [9.17, 15) is 8.42 Å². The van der Waals surface area contributed by atoms with Crippen molar-refractivity contribution in [3.05, 3.63) is 54.4 Å². The molecule has 1 heterocycles. The molecule has 1 aromatic carbocycles. The lowest BCUT2D eigenvalue weighted by Gasteiger charge is -2.32. The van der Waals surface area contributed by atoms with Gasteiger partial charge < -0.3 is 10.1 Å². The first-order valence-corrected chi connectivity index (χ1v) is 11.7. The van der Waals surface area contributed by atoms with Gasteiger partial charge in [0.2, 0.25) is 5.96 Å².